The van der Waals surface area contributed by atoms with Crippen molar-refractivity contribution in [1.82, 2.24) is 19.7 Å². The second-order valence-corrected chi connectivity index (χ2v) is 16.2. The number of ether oxygens (including phenoxy) is 3. The normalized spacial score (nSPS) is 18.2. The van der Waals surface area contributed by atoms with Gasteiger partial charge in [-0.2, -0.15) is 5.10 Å². The molecule has 5 heterocycles. The number of carboxylic acids is 1. The number of hydrogen-bond acceptors (Lipinski definition) is 8. The minimum absolute atomic E-state index is 0.0102. The summed E-state index contributed by atoms with van der Waals surface area (Å²) in [5.74, 6) is 0.994. The first kappa shape index (κ1) is 34.3. The predicted octanol–water partition coefficient (Wildman–Crippen LogP) is 10.0. The average Bonchev–Trinajstić information content (AvgIpc) is 3.71. The molecule has 1 unspecified atom stereocenters. The van der Waals surface area contributed by atoms with Crippen molar-refractivity contribution < 1.29 is 24.1 Å². The molecule has 3 aromatic carbocycles. The molecule has 6 bridgehead atoms. The first-order valence-electron chi connectivity index (χ1n) is 18.1. The number of carbonyl (C=O) groups is 1. The molecule has 0 fully saturated rings. The lowest BCUT2D eigenvalue weighted by Crippen LogP contribution is -2.28. The number of pyridine rings is 1. The fourth-order valence-electron chi connectivity index (χ4n) is 7.78. The van der Waals surface area contributed by atoms with Crippen LogP contribution in [0, 0.1) is 6.92 Å². The third-order valence-electron chi connectivity index (χ3n) is 10.1. The number of hydrogen-bond donors (Lipinski definition) is 1. The summed E-state index contributed by atoms with van der Waals surface area (Å²) >= 11 is 1.56. The van der Waals surface area contributed by atoms with Crippen LogP contribution in [0.2, 0.25) is 0 Å². The number of fused-ring (bicyclic) bond motifs is 10. The Hall–Kier alpha value is -4.80. The van der Waals surface area contributed by atoms with Crippen molar-refractivity contribution in [2.75, 3.05) is 6.61 Å². The molecule has 0 aliphatic carbocycles. The van der Waals surface area contributed by atoms with E-state index in [1.54, 1.807) is 11.3 Å². The lowest BCUT2D eigenvalue weighted by Gasteiger charge is -2.29. The van der Waals surface area contributed by atoms with E-state index in [1.165, 1.54) is 5.56 Å². The maximum Gasteiger partial charge on any atom is 0.337 e. The third kappa shape index (κ3) is 6.43. The van der Waals surface area contributed by atoms with E-state index in [2.05, 4.69) is 42.4 Å². The molecule has 6 aromatic rings. The Morgan fingerprint density at radius 1 is 1.04 bits per heavy atom. The Bertz CT molecular complexity index is 2340. The van der Waals surface area contributed by atoms with Gasteiger partial charge in [-0.15, -0.1) is 11.3 Å². The topological polar surface area (TPSA) is 109 Å². The van der Waals surface area contributed by atoms with Gasteiger partial charge >= 0.3 is 5.97 Å². The lowest BCUT2D eigenvalue weighted by molar-refractivity contribution is -0.160. The standard InChI is InChI=1S/C42H44N4O5S/c1-23-19-33-39-36(35(23)38(41(47)48)51-42(3,4)5)26-11-14-34-29(20-26)25(16-18-49-34)10-8-7-9-24(2)50-37-28(12-13-31-30(37)22-46(6)45-31)32-21-27(15-17-43-32)40(44-33)52-39/h11-15,17,19-22,24-25,38H,7-10,16,18H2,1-6H3,(H,47,48)/t24-,25?,38-/m0/s1. The highest BCUT2D eigenvalue weighted by atomic mass is 32.1. The highest BCUT2D eigenvalue weighted by molar-refractivity contribution is 7.22. The largest absolute Gasteiger partial charge is 0.493 e. The van der Waals surface area contributed by atoms with Crippen molar-refractivity contribution in [3.63, 3.8) is 0 Å². The molecule has 0 saturated heterocycles. The molecule has 3 aromatic heterocycles. The van der Waals surface area contributed by atoms with Gasteiger partial charge in [-0.25, -0.2) is 9.78 Å². The highest BCUT2D eigenvalue weighted by Crippen LogP contribution is 2.47. The van der Waals surface area contributed by atoms with E-state index >= 15 is 0 Å². The summed E-state index contributed by atoms with van der Waals surface area (Å²) < 4.78 is 22.0. The van der Waals surface area contributed by atoms with Crippen LogP contribution in [0.3, 0.4) is 0 Å². The zero-order valence-corrected chi connectivity index (χ0v) is 31.3. The average molecular weight is 717 g/mol. The fourth-order valence-corrected chi connectivity index (χ4v) is 8.90. The molecule has 8 rings (SSSR count). The molecule has 9 nitrogen and oxygen atoms in total. The molecular formula is C42H44N4O5S. The molecule has 268 valence electrons. The van der Waals surface area contributed by atoms with Crippen LogP contribution >= 0.6 is 11.3 Å². The van der Waals surface area contributed by atoms with Crippen molar-refractivity contribution in [3.8, 4) is 44.5 Å². The van der Waals surface area contributed by atoms with Crippen LogP contribution in [-0.2, 0) is 16.6 Å². The van der Waals surface area contributed by atoms with Gasteiger partial charge in [0, 0.05) is 41.7 Å². The van der Waals surface area contributed by atoms with Gasteiger partial charge in [-0.05, 0) is 125 Å². The van der Waals surface area contributed by atoms with Gasteiger partial charge in [-0.1, -0.05) is 12.5 Å². The molecular weight excluding hydrogens is 673 g/mol. The molecule has 0 spiro atoms. The fraction of sp³-hybridized carbons (Fsp3) is 0.381. The first-order chi connectivity index (χ1) is 24.9. The van der Waals surface area contributed by atoms with Crippen LogP contribution < -0.4 is 9.47 Å². The number of benzene rings is 3. The van der Waals surface area contributed by atoms with E-state index in [1.807, 2.05) is 70.0 Å². The Morgan fingerprint density at radius 2 is 1.87 bits per heavy atom. The monoisotopic (exact) mass is 716 g/mol. The third-order valence-corrected chi connectivity index (χ3v) is 11.3. The van der Waals surface area contributed by atoms with E-state index in [0.717, 1.165) is 103 Å². The van der Waals surface area contributed by atoms with Gasteiger partial charge in [-0.3, -0.25) is 9.67 Å². The lowest BCUT2D eigenvalue weighted by atomic mass is 9.85. The van der Waals surface area contributed by atoms with Gasteiger partial charge in [0.15, 0.2) is 6.10 Å². The summed E-state index contributed by atoms with van der Waals surface area (Å²) in [6, 6.07) is 16.5. The quantitative estimate of drug-likeness (QED) is 0.193. The Kier molecular flexibility index (Phi) is 8.78. The summed E-state index contributed by atoms with van der Waals surface area (Å²) in [6.07, 6.45) is 7.59. The van der Waals surface area contributed by atoms with Crippen LogP contribution in [0.1, 0.15) is 88.5 Å². The highest BCUT2D eigenvalue weighted by Gasteiger charge is 2.33. The van der Waals surface area contributed by atoms with Crippen LogP contribution in [0.15, 0.2) is 60.9 Å². The van der Waals surface area contributed by atoms with Crippen LogP contribution in [0.25, 0.3) is 54.1 Å². The summed E-state index contributed by atoms with van der Waals surface area (Å²) in [6.45, 7) is 10.5. The smallest absolute Gasteiger partial charge is 0.337 e. The zero-order chi connectivity index (χ0) is 36.3. The van der Waals surface area contributed by atoms with Crippen LogP contribution in [0.5, 0.6) is 11.5 Å². The van der Waals surface area contributed by atoms with E-state index in [4.69, 9.17) is 24.2 Å². The number of aromatic nitrogens is 4. The van der Waals surface area contributed by atoms with Gasteiger partial charge in [0.2, 0.25) is 0 Å². The number of aryl methyl sites for hydroxylation is 2. The van der Waals surface area contributed by atoms with E-state index in [9.17, 15) is 9.90 Å². The van der Waals surface area contributed by atoms with Crippen LogP contribution in [0.4, 0.5) is 0 Å². The molecule has 0 amide bonds. The van der Waals surface area contributed by atoms with E-state index in [0.29, 0.717) is 18.1 Å². The second kappa shape index (κ2) is 13.3. The molecule has 1 N–H and O–H groups in total. The minimum Gasteiger partial charge on any atom is -0.493 e. The summed E-state index contributed by atoms with van der Waals surface area (Å²) in [4.78, 5) is 23.1. The van der Waals surface area contributed by atoms with E-state index in [-0.39, 0.29) is 6.10 Å². The number of rotatable bonds is 3. The van der Waals surface area contributed by atoms with Crippen molar-refractivity contribution in [2.24, 2.45) is 7.05 Å². The Balaban J connectivity index is 1.38. The van der Waals surface area contributed by atoms with E-state index < -0.39 is 17.7 Å². The molecule has 2 aliphatic heterocycles. The number of aliphatic carboxylic acids is 1. The van der Waals surface area contributed by atoms with Crippen molar-refractivity contribution in [2.45, 2.75) is 90.4 Å². The maximum atomic E-state index is 13.0. The van der Waals surface area contributed by atoms with Crippen LogP contribution in [-0.4, -0.2) is 49.1 Å². The summed E-state index contributed by atoms with van der Waals surface area (Å²) in [5.41, 5.74) is 8.04. The van der Waals surface area contributed by atoms with Gasteiger partial charge in [0.05, 0.1) is 45.1 Å². The van der Waals surface area contributed by atoms with Crippen molar-refractivity contribution in [3.05, 3.63) is 77.6 Å². The summed E-state index contributed by atoms with van der Waals surface area (Å²) in [7, 11) is 1.93. The van der Waals surface area contributed by atoms with Crippen molar-refractivity contribution in [1.29, 1.82) is 0 Å². The molecule has 2 aliphatic rings. The number of nitrogens with zero attached hydrogens (tertiary/aromatic N) is 4. The maximum absolute atomic E-state index is 13.0. The Morgan fingerprint density at radius 3 is 2.67 bits per heavy atom. The first-order valence-corrected chi connectivity index (χ1v) is 19.0. The second-order valence-electron chi connectivity index (χ2n) is 15.2. The minimum atomic E-state index is -1.18. The summed E-state index contributed by atoms with van der Waals surface area (Å²) in [5, 5.41) is 17.1. The molecule has 0 radical (unpaired) electrons. The molecule has 0 saturated carbocycles. The number of thiazole rings is 1. The molecule has 52 heavy (non-hydrogen) atoms. The van der Waals surface area contributed by atoms with Gasteiger partial charge in [0.25, 0.3) is 0 Å². The number of carboxylic acid groups (broad SMARTS) is 1. The SMILES string of the molecule is Cc1cc2nc3sc2c(c1[C@H](OC(C)(C)C)C(=O)O)-c1ccc2c(c1)C(CCCC[C@H](C)Oc1c(ccc4nn(C)cc14)-c1cc-3ccn1)CCO2. The predicted molar refractivity (Wildman–Crippen MR) is 205 cm³/mol. The van der Waals surface area contributed by atoms with Crippen molar-refractivity contribution >= 4 is 38.4 Å². The molecule has 3 atom stereocenters. The van der Waals surface area contributed by atoms with Gasteiger partial charge in [0.1, 0.15) is 16.5 Å². The Labute approximate surface area is 307 Å². The zero-order valence-electron chi connectivity index (χ0n) is 30.5. The molecule has 10 heteroatoms. The van der Waals surface area contributed by atoms with Gasteiger partial charge < -0.3 is 19.3 Å².